The first-order valence-corrected chi connectivity index (χ1v) is 8.15. The molecule has 5 nitrogen and oxygen atoms in total. The van der Waals surface area contributed by atoms with Gasteiger partial charge in [0.2, 0.25) is 5.91 Å². The first-order valence-electron chi connectivity index (χ1n) is 8.15. The van der Waals surface area contributed by atoms with E-state index in [2.05, 4.69) is 5.32 Å². The Morgan fingerprint density at radius 3 is 2.57 bits per heavy atom. The Labute approximate surface area is 137 Å². The summed E-state index contributed by atoms with van der Waals surface area (Å²) in [6.07, 6.45) is 4.02. The van der Waals surface area contributed by atoms with Crippen LogP contribution in [0.1, 0.15) is 38.2 Å². The number of carboxylic acids is 1. The van der Waals surface area contributed by atoms with E-state index >= 15 is 0 Å². The number of hydrogen-bond acceptors (Lipinski definition) is 3. The molecule has 0 bridgehead atoms. The fraction of sp³-hybridized carbons (Fsp3) is 0.556. The number of ether oxygens (including phenoxy) is 1. The molecule has 1 atom stereocenters. The zero-order valence-corrected chi connectivity index (χ0v) is 13.8. The monoisotopic (exact) mass is 319 g/mol. The maximum atomic E-state index is 12.4. The molecule has 0 aromatic heterocycles. The van der Waals surface area contributed by atoms with Gasteiger partial charge in [0, 0.05) is 12.0 Å². The quantitative estimate of drug-likeness (QED) is 0.772. The SMILES string of the molecule is CCC1(C(=O)NCC(Cc2ccccc2OC)C(=O)O)CCC1. The highest BCUT2D eigenvalue weighted by molar-refractivity contribution is 5.84. The van der Waals surface area contributed by atoms with Crippen LogP contribution in [-0.4, -0.2) is 30.6 Å². The molecular formula is C18H25NO4. The van der Waals surface area contributed by atoms with Crippen LogP contribution in [-0.2, 0) is 16.0 Å². The third-order valence-electron chi connectivity index (χ3n) is 4.99. The molecule has 2 N–H and O–H groups in total. The van der Waals surface area contributed by atoms with E-state index in [1.807, 2.05) is 31.2 Å². The van der Waals surface area contributed by atoms with Gasteiger partial charge in [-0.05, 0) is 37.3 Å². The Bertz CT molecular complexity index is 560. The number of aliphatic carboxylic acids is 1. The van der Waals surface area contributed by atoms with Crippen molar-refractivity contribution in [3.05, 3.63) is 29.8 Å². The third-order valence-corrected chi connectivity index (χ3v) is 4.99. The smallest absolute Gasteiger partial charge is 0.308 e. The summed E-state index contributed by atoms with van der Waals surface area (Å²) in [6.45, 7) is 2.16. The Hall–Kier alpha value is -2.04. The number of nitrogens with one attached hydrogen (secondary N) is 1. The molecule has 1 saturated carbocycles. The van der Waals surface area contributed by atoms with Gasteiger partial charge < -0.3 is 15.2 Å². The summed E-state index contributed by atoms with van der Waals surface area (Å²) in [7, 11) is 1.57. The zero-order chi connectivity index (χ0) is 16.9. The van der Waals surface area contributed by atoms with Crippen LogP contribution in [0.15, 0.2) is 24.3 Å². The van der Waals surface area contributed by atoms with Crippen molar-refractivity contribution in [1.29, 1.82) is 0 Å². The Balaban J connectivity index is 1.99. The summed E-state index contributed by atoms with van der Waals surface area (Å²) in [5.74, 6) is -0.897. The topological polar surface area (TPSA) is 75.6 Å². The van der Waals surface area contributed by atoms with Crippen LogP contribution in [0.4, 0.5) is 0 Å². The molecule has 2 rings (SSSR count). The third kappa shape index (κ3) is 3.84. The molecule has 126 valence electrons. The van der Waals surface area contributed by atoms with Crippen molar-refractivity contribution in [3.8, 4) is 5.75 Å². The van der Waals surface area contributed by atoms with Crippen LogP contribution in [0.5, 0.6) is 5.75 Å². The Morgan fingerprint density at radius 1 is 1.35 bits per heavy atom. The normalized spacial score (nSPS) is 17.0. The predicted molar refractivity (Wildman–Crippen MR) is 87.4 cm³/mol. The lowest BCUT2D eigenvalue weighted by Gasteiger charge is -2.39. The van der Waals surface area contributed by atoms with Crippen molar-refractivity contribution in [2.45, 2.75) is 39.0 Å². The lowest BCUT2D eigenvalue weighted by molar-refractivity contribution is -0.142. The predicted octanol–water partition coefficient (Wildman–Crippen LogP) is 2.64. The number of benzene rings is 1. The second-order valence-corrected chi connectivity index (χ2v) is 6.25. The molecule has 0 heterocycles. The van der Waals surface area contributed by atoms with Gasteiger partial charge in [0.15, 0.2) is 0 Å². The summed E-state index contributed by atoms with van der Waals surface area (Å²) in [6, 6.07) is 7.38. The van der Waals surface area contributed by atoms with E-state index in [0.29, 0.717) is 12.2 Å². The second-order valence-electron chi connectivity index (χ2n) is 6.25. The van der Waals surface area contributed by atoms with Gasteiger partial charge in [0.05, 0.1) is 13.0 Å². The maximum absolute atomic E-state index is 12.4. The molecule has 1 amide bonds. The number of para-hydroxylation sites is 1. The van der Waals surface area contributed by atoms with Crippen LogP contribution in [0, 0.1) is 11.3 Å². The summed E-state index contributed by atoms with van der Waals surface area (Å²) in [5.41, 5.74) is 0.568. The molecule has 0 saturated heterocycles. The molecule has 0 spiro atoms. The number of amides is 1. The average Bonchev–Trinajstić information content (AvgIpc) is 2.51. The van der Waals surface area contributed by atoms with Crippen LogP contribution in [0.25, 0.3) is 0 Å². The highest BCUT2D eigenvalue weighted by Gasteiger charge is 2.42. The maximum Gasteiger partial charge on any atom is 0.308 e. The van der Waals surface area contributed by atoms with Gasteiger partial charge in [-0.15, -0.1) is 0 Å². The molecule has 1 aromatic rings. The van der Waals surface area contributed by atoms with Gasteiger partial charge in [0.25, 0.3) is 0 Å². The number of carbonyl (C=O) groups is 2. The summed E-state index contributed by atoms with van der Waals surface area (Å²) in [4.78, 5) is 23.9. The number of carbonyl (C=O) groups excluding carboxylic acids is 1. The molecule has 1 fully saturated rings. The molecule has 0 aliphatic heterocycles. The Kier molecular flexibility index (Phi) is 5.64. The van der Waals surface area contributed by atoms with Gasteiger partial charge in [0.1, 0.15) is 5.75 Å². The lowest BCUT2D eigenvalue weighted by atomic mass is 9.66. The van der Waals surface area contributed by atoms with Crippen molar-refractivity contribution in [2.24, 2.45) is 11.3 Å². The molecule has 5 heteroatoms. The minimum atomic E-state index is -0.907. The molecular weight excluding hydrogens is 294 g/mol. The van der Waals surface area contributed by atoms with Gasteiger partial charge in [-0.1, -0.05) is 31.5 Å². The van der Waals surface area contributed by atoms with E-state index in [1.165, 1.54) is 0 Å². The van der Waals surface area contributed by atoms with E-state index in [0.717, 1.165) is 31.2 Å². The number of rotatable bonds is 8. The molecule has 1 aromatic carbocycles. The number of carboxylic acid groups (broad SMARTS) is 1. The van der Waals surface area contributed by atoms with Gasteiger partial charge in [-0.2, -0.15) is 0 Å². The number of hydrogen-bond donors (Lipinski definition) is 2. The highest BCUT2D eigenvalue weighted by atomic mass is 16.5. The summed E-state index contributed by atoms with van der Waals surface area (Å²) < 4.78 is 5.27. The fourth-order valence-corrected chi connectivity index (χ4v) is 3.13. The van der Waals surface area contributed by atoms with Crippen molar-refractivity contribution >= 4 is 11.9 Å². The van der Waals surface area contributed by atoms with Crippen molar-refractivity contribution in [3.63, 3.8) is 0 Å². The molecule has 23 heavy (non-hydrogen) atoms. The van der Waals surface area contributed by atoms with Gasteiger partial charge >= 0.3 is 5.97 Å². The van der Waals surface area contributed by atoms with Crippen LogP contribution in [0.3, 0.4) is 0 Å². The van der Waals surface area contributed by atoms with Gasteiger partial charge in [-0.25, -0.2) is 0 Å². The standard InChI is InChI=1S/C18H25NO4/c1-3-18(9-6-10-18)17(22)19-12-14(16(20)21)11-13-7-4-5-8-15(13)23-2/h4-5,7-8,14H,3,6,9-12H2,1-2H3,(H,19,22)(H,20,21). The van der Waals surface area contributed by atoms with E-state index in [1.54, 1.807) is 7.11 Å². The van der Waals surface area contributed by atoms with Crippen LogP contribution in [0.2, 0.25) is 0 Å². The van der Waals surface area contributed by atoms with Crippen LogP contribution >= 0.6 is 0 Å². The molecule has 0 radical (unpaired) electrons. The Morgan fingerprint density at radius 2 is 2.04 bits per heavy atom. The largest absolute Gasteiger partial charge is 0.496 e. The minimum absolute atomic E-state index is 0.00229. The van der Waals surface area contributed by atoms with Crippen LogP contribution < -0.4 is 10.1 Å². The van der Waals surface area contributed by atoms with Crippen molar-refractivity contribution in [2.75, 3.05) is 13.7 Å². The van der Waals surface area contributed by atoms with Crippen molar-refractivity contribution < 1.29 is 19.4 Å². The molecule has 1 aliphatic rings. The van der Waals surface area contributed by atoms with E-state index in [9.17, 15) is 14.7 Å². The van der Waals surface area contributed by atoms with E-state index in [4.69, 9.17) is 4.74 Å². The summed E-state index contributed by atoms with van der Waals surface area (Å²) in [5, 5.41) is 12.3. The van der Waals surface area contributed by atoms with E-state index < -0.39 is 11.9 Å². The summed E-state index contributed by atoms with van der Waals surface area (Å²) >= 11 is 0. The molecule has 1 aliphatic carbocycles. The average molecular weight is 319 g/mol. The van der Waals surface area contributed by atoms with E-state index in [-0.39, 0.29) is 17.9 Å². The second kappa shape index (κ2) is 7.49. The minimum Gasteiger partial charge on any atom is -0.496 e. The first-order chi connectivity index (χ1) is 11.0. The highest BCUT2D eigenvalue weighted by Crippen LogP contribution is 2.43. The first kappa shape index (κ1) is 17.3. The fourth-order valence-electron chi connectivity index (χ4n) is 3.13. The van der Waals surface area contributed by atoms with Crippen molar-refractivity contribution in [1.82, 2.24) is 5.32 Å². The molecule has 1 unspecified atom stereocenters. The zero-order valence-electron chi connectivity index (χ0n) is 13.8. The lowest BCUT2D eigenvalue weighted by Crippen LogP contribution is -2.47. The van der Waals surface area contributed by atoms with Gasteiger partial charge in [-0.3, -0.25) is 9.59 Å². The number of methoxy groups -OCH3 is 1.